The van der Waals surface area contributed by atoms with Crippen molar-refractivity contribution < 1.29 is 30.7 Å². The molecule has 0 aliphatic carbocycles. The summed E-state index contributed by atoms with van der Waals surface area (Å²) < 4.78 is 90.3. The lowest BCUT2D eigenvalue weighted by Crippen LogP contribution is -2.46. The highest BCUT2D eigenvalue weighted by Crippen LogP contribution is 2.37. The quantitative estimate of drug-likeness (QED) is 0.725. The summed E-state index contributed by atoms with van der Waals surface area (Å²) in [6.45, 7) is 1.35. The summed E-state index contributed by atoms with van der Waals surface area (Å²) in [7, 11) is 0. The normalized spacial score (nSPS) is 17.4. The maximum absolute atomic E-state index is 13.5. The molecule has 1 aromatic carbocycles. The van der Waals surface area contributed by atoms with E-state index in [-0.39, 0.29) is 49.5 Å². The summed E-state index contributed by atoms with van der Waals surface area (Å²) in [4.78, 5) is 1.43. The first-order valence-electron chi connectivity index (χ1n) is 6.95. The van der Waals surface area contributed by atoms with Crippen LogP contribution in [0, 0.1) is 5.82 Å². The van der Waals surface area contributed by atoms with Crippen LogP contribution < -0.4 is 5.32 Å². The van der Waals surface area contributed by atoms with Gasteiger partial charge in [0, 0.05) is 32.2 Å². The molecule has 146 valence electrons. The predicted octanol–water partition coefficient (Wildman–Crippen LogP) is 4.59. The average molecular weight is 417 g/mol. The Morgan fingerprint density at radius 1 is 0.960 bits per heavy atom. The second-order valence-corrected chi connectivity index (χ2v) is 5.39. The van der Waals surface area contributed by atoms with Crippen LogP contribution in [-0.4, -0.2) is 37.3 Å². The Balaban J connectivity index is 0.00000288. The number of nitrogens with one attached hydrogen (secondary N) is 1. The molecule has 0 aromatic heterocycles. The number of nitrogens with zero attached hydrogens (tertiary/aromatic N) is 1. The predicted molar refractivity (Wildman–Crippen MR) is 83.8 cm³/mol. The Kier molecular flexibility index (Phi) is 8.96. The van der Waals surface area contributed by atoms with Crippen LogP contribution in [0.2, 0.25) is 0 Å². The van der Waals surface area contributed by atoms with Gasteiger partial charge in [-0.05, 0) is 23.8 Å². The summed E-state index contributed by atoms with van der Waals surface area (Å²) in [5.74, 6) is -1.20. The highest BCUT2D eigenvalue weighted by molar-refractivity contribution is 5.85. The summed E-state index contributed by atoms with van der Waals surface area (Å²) in [6, 6.07) is 0.287. The Morgan fingerprint density at radius 2 is 1.52 bits per heavy atom. The number of alkyl halides is 6. The van der Waals surface area contributed by atoms with Crippen LogP contribution in [0.1, 0.15) is 23.6 Å². The summed E-state index contributed by atoms with van der Waals surface area (Å²) >= 11 is 0. The minimum absolute atomic E-state index is 0. The van der Waals surface area contributed by atoms with Crippen molar-refractivity contribution in [3.05, 3.63) is 35.1 Å². The molecule has 1 heterocycles. The fraction of sp³-hybridized carbons (Fsp3) is 0.571. The smallest absolute Gasteiger partial charge is 0.314 e. The van der Waals surface area contributed by atoms with Crippen LogP contribution in [0.15, 0.2) is 18.2 Å². The fourth-order valence-electron chi connectivity index (χ4n) is 2.64. The highest BCUT2D eigenvalue weighted by Gasteiger charge is 2.38. The first-order valence-corrected chi connectivity index (χ1v) is 6.95. The summed E-state index contributed by atoms with van der Waals surface area (Å²) in [6.07, 6.45) is -10.7. The van der Waals surface area contributed by atoms with E-state index in [9.17, 15) is 30.7 Å². The molecule has 0 saturated carbocycles. The molecule has 0 amide bonds. The standard InChI is InChI=1S/C14H15F7N2.2ClH/c15-11-6-9(5-10(7-11)14(19,20)21)12(8-13(16,17)18)23-3-1-22-2-4-23;;/h5-7,12,22H,1-4,8H2;2*1H/t12-;;/m1../s1. The lowest BCUT2D eigenvalue weighted by molar-refractivity contribution is -0.148. The monoisotopic (exact) mass is 416 g/mol. The number of benzene rings is 1. The average Bonchev–Trinajstić information content (AvgIpc) is 2.43. The molecule has 2 nitrogen and oxygen atoms in total. The van der Waals surface area contributed by atoms with E-state index in [1.165, 1.54) is 4.90 Å². The molecule has 1 saturated heterocycles. The zero-order valence-electron chi connectivity index (χ0n) is 12.8. The molecular formula is C14H17Cl2F7N2. The van der Waals surface area contributed by atoms with E-state index in [1.807, 2.05) is 0 Å². The van der Waals surface area contributed by atoms with Gasteiger partial charge in [-0.25, -0.2) is 4.39 Å². The Labute approximate surface area is 152 Å². The van der Waals surface area contributed by atoms with Crippen LogP contribution >= 0.6 is 24.8 Å². The molecule has 0 radical (unpaired) electrons. The highest BCUT2D eigenvalue weighted by atomic mass is 35.5. The molecular weight excluding hydrogens is 400 g/mol. The molecule has 1 fully saturated rings. The van der Waals surface area contributed by atoms with Crippen molar-refractivity contribution in [2.24, 2.45) is 0 Å². The number of hydrogen-bond acceptors (Lipinski definition) is 2. The fourth-order valence-corrected chi connectivity index (χ4v) is 2.64. The van der Waals surface area contributed by atoms with E-state index in [2.05, 4.69) is 5.32 Å². The van der Waals surface area contributed by atoms with Crippen molar-refractivity contribution in [2.45, 2.75) is 24.8 Å². The van der Waals surface area contributed by atoms with Gasteiger partial charge in [0.1, 0.15) is 5.82 Å². The van der Waals surface area contributed by atoms with Crippen LogP contribution in [0.5, 0.6) is 0 Å². The minimum atomic E-state index is -4.82. The van der Waals surface area contributed by atoms with Crippen molar-refractivity contribution in [1.29, 1.82) is 0 Å². The first kappa shape index (κ1) is 24.2. The van der Waals surface area contributed by atoms with Crippen molar-refractivity contribution in [3.63, 3.8) is 0 Å². The molecule has 1 N–H and O–H groups in total. The van der Waals surface area contributed by atoms with Crippen molar-refractivity contribution in [3.8, 4) is 0 Å². The van der Waals surface area contributed by atoms with Gasteiger partial charge in [-0.1, -0.05) is 0 Å². The number of halogens is 9. The van der Waals surface area contributed by atoms with E-state index < -0.39 is 36.2 Å². The molecule has 0 bridgehead atoms. The molecule has 1 aromatic rings. The third kappa shape index (κ3) is 7.16. The molecule has 1 atom stereocenters. The molecule has 11 heteroatoms. The first-order chi connectivity index (χ1) is 10.6. The van der Waals surface area contributed by atoms with E-state index >= 15 is 0 Å². The lowest BCUT2D eigenvalue weighted by atomic mass is 9.98. The van der Waals surface area contributed by atoms with Gasteiger partial charge in [0.05, 0.1) is 12.0 Å². The van der Waals surface area contributed by atoms with Gasteiger partial charge in [0.2, 0.25) is 0 Å². The van der Waals surface area contributed by atoms with Gasteiger partial charge in [-0.15, -0.1) is 24.8 Å². The molecule has 0 unspecified atom stereocenters. The van der Waals surface area contributed by atoms with Gasteiger partial charge in [-0.3, -0.25) is 4.90 Å². The summed E-state index contributed by atoms with van der Waals surface area (Å²) in [5, 5.41) is 2.95. The molecule has 2 rings (SSSR count). The van der Waals surface area contributed by atoms with Crippen LogP contribution in [0.4, 0.5) is 30.7 Å². The van der Waals surface area contributed by atoms with Gasteiger partial charge >= 0.3 is 12.4 Å². The van der Waals surface area contributed by atoms with Crippen LogP contribution in [-0.2, 0) is 6.18 Å². The largest absolute Gasteiger partial charge is 0.416 e. The van der Waals surface area contributed by atoms with Gasteiger partial charge < -0.3 is 5.32 Å². The van der Waals surface area contributed by atoms with Crippen molar-refractivity contribution in [2.75, 3.05) is 26.2 Å². The minimum Gasteiger partial charge on any atom is -0.314 e. The molecule has 0 spiro atoms. The zero-order valence-corrected chi connectivity index (χ0v) is 14.4. The Morgan fingerprint density at radius 3 is 2.00 bits per heavy atom. The lowest BCUT2D eigenvalue weighted by Gasteiger charge is -2.36. The van der Waals surface area contributed by atoms with E-state index in [0.29, 0.717) is 19.2 Å². The topological polar surface area (TPSA) is 15.3 Å². The van der Waals surface area contributed by atoms with Crippen molar-refractivity contribution in [1.82, 2.24) is 10.2 Å². The van der Waals surface area contributed by atoms with E-state index in [0.717, 1.165) is 6.07 Å². The Bertz CT molecular complexity index is 543. The maximum Gasteiger partial charge on any atom is 0.416 e. The third-order valence-electron chi connectivity index (χ3n) is 3.65. The van der Waals surface area contributed by atoms with Crippen molar-refractivity contribution >= 4 is 24.8 Å². The molecule has 25 heavy (non-hydrogen) atoms. The van der Waals surface area contributed by atoms with Gasteiger partial charge in [0.15, 0.2) is 0 Å². The van der Waals surface area contributed by atoms with Gasteiger partial charge in [0.25, 0.3) is 0 Å². The van der Waals surface area contributed by atoms with Crippen LogP contribution in [0.3, 0.4) is 0 Å². The summed E-state index contributed by atoms with van der Waals surface area (Å²) in [5.41, 5.74) is -1.59. The number of piperazine rings is 1. The Hall–Kier alpha value is -0.770. The maximum atomic E-state index is 13.5. The van der Waals surface area contributed by atoms with E-state index in [4.69, 9.17) is 0 Å². The SMILES string of the molecule is Cl.Cl.Fc1cc([C@@H](CC(F)(F)F)N2CCNCC2)cc(C(F)(F)F)c1. The third-order valence-corrected chi connectivity index (χ3v) is 3.65. The van der Waals surface area contributed by atoms with Crippen LogP contribution in [0.25, 0.3) is 0 Å². The van der Waals surface area contributed by atoms with Gasteiger partial charge in [-0.2, -0.15) is 26.3 Å². The molecule has 1 aliphatic rings. The second kappa shape index (κ2) is 9.25. The second-order valence-electron chi connectivity index (χ2n) is 5.39. The number of hydrogen-bond donors (Lipinski definition) is 1. The van der Waals surface area contributed by atoms with E-state index in [1.54, 1.807) is 0 Å². The number of rotatable bonds is 3. The molecule has 1 aliphatic heterocycles. The zero-order chi connectivity index (χ0) is 17.3.